The zero-order valence-corrected chi connectivity index (χ0v) is 11.5. The van der Waals surface area contributed by atoms with Crippen LogP contribution in [-0.2, 0) is 11.3 Å². The van der Waals surface area contributed by atoms with Crippen LogP contribution in [0.4, 0.5) is 0 Å². The topological polar surface area (TPSA) is 71.5 Å². The average molecular weight is 265 g/mol. The first kappa shape index (κ1) is 14.1. The van der Waals surface area contributed by atoms with Crippen LogP contribution in [0.2, 0.25) is 0 Å². The fourth-order valence-corrected chi connectivity index (χ4v) is 2.65. The minimum atomic E-state index is 0.0314. The Morgan fingerprint density at radius 2 is 2.47 bits per heavy atom. The van der Waals surface area contributed by atoms with Crippen molar-refractivity contribution in [3.63, 3.8) is 0 Å². The number of piperidine rings is 1. The molecule has 1 amide bonds. The Labute approximate surface area is 114 Å². The number of nitrogens with one attached hydrogen (secondary N) is 1. The molecule has 1 aromatic heterocycles. The maximum atomic E-state index is 11.9. The van der Waals surface area contributed by atoms with Gasteiger partial charge in [-0.2, -0.15) is 0 Å². The molecule has 0 bridgehead atoms. The highest BCUT2D eigenvalue weighted by molar-refractivity contribution is 5.78. The molecule has 2 unspecified atom stereocenters. The van der Waals surface area contributed by atoms with E-state index in [4.69, 9.17) is 10.2 Å². The van der Waals surface area contributed by atoms with Crippen LogP contribution >= 0.6 is 0 Å². The van der Waals surface area contributed by atoms with Crippen molar-refractivity contribution in [1.29, 1.82) is 0 Å². The number of hydrogen-bond donors (Lipinski definition) is 2. The summed E-state index contributed by atoms with van der Waals surface area (Å²) in [6.45, 7) is 3.85. The van der Waals surface area contributed by atoms with Gasteiger partial charge >= 0.3 is 0 Å². The van der Waals surface area contributed by atoms with Gasteiger partial charge in [-0.15, -0.1) is 0 Å². The first-order chi connectivity index (χ1) is 9.16. The summed E-state index contributed by atoms with van der Waals surface area (Å²) < 4.78 is 5.18. The van der Waals surface area contributed by atoms with Crippen LogP contribution in [0.15, 0.2) is 22.8 Å². The SMILES string of the molecule is CC(N)C1CCCCN1CC(=O)NCc1ccco1. The second-order valence-electron chi connectivity index (χ2n) is 5.25. The quantitative estimate of drug-likeness (QED) is 0.836. The predicted octanol–water partition coefficient (Wildman–Crippen LogP) is 1.10. The summed E-state index contributed by atoms with van der Waals surface area (Å²) in [5.74, 6) is 0.805. The van der Waals surface area contributed by atoms with Crippen LogP contribution in [0.3, 0.4) is 0 Å². The standard InChI is InChI=1S/C14H23N3O2/c1-11(15)13-6-2-3-7-17(13)10-14(18)16-9-12-5-4-8-19-12/h4-5,8,11,13H,2-3,6-7,9-10,15H2,1H3,(H,16,18). The zero-order valence-electron chi connectivity index (χ0n) is 11.5. The fraction of sp³-hybridized carbons (Fsp3) is 0.643. The van der Waals surface area contributed by atoms with Crippen LogP contribution in [0.1, 0.15) is 31.9 Å². The molecule has 2 rings (SSSR count). The molecule has 3 N–H and O–H groups in total. The van der Waals surface area contributed by atoms with Crippen LogP contribution < -0.4 is 11.1 Å². The van der Waals surface area contributed by atoms with Gasteiger partial charge in [0.1, 0.15) is 5.76 Å². The molecule has 1 fully saturated rings. The smallest absolute Gasteiger partial charge is 0.234 e. The Kier molecular flexibility index (Phi) is 4.99. The molecular formula is C14H23N3O2. The molecule has 1 aliphatic rings. The number of nitrogens with zero attached hydrogens (tertiary/aromatic N) is 1. The summed E-state index contributed by atoms with van der Waals surface area (Å²) >= 11 is 0. The van der Waals surface area contributed by atoms with Gasteiger partial charge in [-0.1, -0.05) is 6.42 Å². The lowest BCUT2D eigenvalue weighted by molar-refractivity contribution is -0.123. The average Bonchev–Trinajstić information content (AvgIpc) is 2.90. The molecule has 0 aromatic carbocycles. The minimum Gasteiger partial charge on any atom is -0.467 e. The van der Waals surface area contributed by atoms with E-state index in [0.29, 0.717) is 19.1 Å². The number of likely N-dealkylation sites (tertiary alicyclic amines) is 1. The first-order valence-corrected chi connectivity index (χ1v) is 6.95. The second kappa shape index (κ2) is 6.73. The fourth-order valence-electron chi connectivity index (χ4n) is 2.65. The Morgan fingerprint density at radius 3 is 3.16 bits per heavy atom. The normalized spacial score (nSPS) is 22.1. The highest BCUT2D eigenvalue weighted by Crippen LogP contribution is 2.18. The van der Waals surface area contributed by atoms with E-state index in [2.05, 4.69) is 10.2 Å². The number of hydrogen-bond acceptors (Lipinski definition) is 4. The molecule has 5 nitrogen and oxygen atoms in total. The van der Waals surface area contributed by atoms with Gasteiger partial charge in [-0.3, -0.25) is 9.69 Å². The lowest BCUT2D eigenvalue weighted by Gasteiger charge is -2.37. The zero-order chi connectivity index (χ0) is 13.7. The third-order valence-electron chi connectivity index (χ3n) is 3.66. The van der Waals surface area contributed by atoms with Crippen LogP contribution in [0.5, 0.6) is 0 Å². The number of carbonyl (C=O) groups is 1. The molecule has 19 heavy (non-hydrogen) atoms. The first-order valence-electron chi connectivity index (χ1n) is 6.95. The summed E-state index contributed by atoms with van der Waals surface area (Å²) in [6, 6.07) is 4.10. The van der Waals surface area contributed by atoms with Crippen molar-refractivity contribution in [2.75, 3.05) is 13.1 Å². The number of amides is 1. The van der Waals surface area contributed by atoms with E-state index in [1.807, 2.05) is 19.1 Å². The van der Waals surface area contributed by atoms with Gasteiger partial charge in [-0.05, 0) is 38.4 Å². The third-order valence-corrected chi connectivity index (χ3v) is 3.66. The highest BCUT2D eigenvalue weighted by Gasteiger charge is 2.26. The Morgan fingerprint density at radius 1 is 1.63 bits per heavy atom. The maximum absolute atomic E-state index is 11.9. The molecule has 5 heteroatoms. The molecule has 2 atom stereocenters. The van der Waals surface area contributed by atoms with Crippen LogP contribution in [0.25, 0.3) is 0 Å². The highest BCUT2D eigenvalue weighted by atomic mass is 16.3. The summed E-state index contributed by atoms with van der Waals surface area (Å²) in [5.41, 5.74) is 6.00. The Balaban J connectivity index is 1.79. The summed E-state index contributed by atoms with van der Waals surface area (Å²) in [6.07, 6.45) is 5.05. The molecule has 106 valence electrons. The van der Waals surface area contributed by atoms with Crippen molar-refractivity contribution in [3.05, 3.63) is 24.2 Å². The number of furan rings is 1. The van der Waals surface area contributed by atoms with Crippen LogP contribution in [-0.4, -0.2) is 36.0 Å². The monoisotopic (exact) mass is 265 g/mol. The number of carbonyl (C=O) groups excluding carboxylic acids is 1. The van der Waals surface area contributed by atoms with Crippen molar-refractivity contribution < 1.29 is 9.21 Å². The minimum absolute atomic E-state index is 0.0314. The van der Waals surface area contributed by atoms with E-state index in [-0.39, 0.29) is 11.9 Å². The lowest BCUT2D eigenvalue weighted by Crippen LogP contribution is -2.52. The van der Waals surface area contributed by atoms with Gasteiger partial charge in [0.05, 0.1) is 19.4 Å². The van der Waals surface area contributed by atoms with Gasteiger partial charge in [0, 0.05) is 12.1 Å². The van der Waals surface area contributed by atoms with Gasteiger partial charge in [0.2, 0.25) is 5.91 Å². The Bertz CT molecular complexity index is 389. The molecule has 2 heterocycles. The molecule has 1 aromatic rings. The van der Waals surface area contributed by atoms with Gasteiger partial charge in [-0.25, -0.2) is 0 Å². The molecule has 1 aliphatic heterocycles. The van der Waals surface area contributed by atoms with E-state index in [1.54, 1.807) is 6.26 Å². The molecule has 0 spiro atoms. The van der Waals surface area contributed by atoms with Gasteiger partial charge in [0.15, 0.2) is 0 Å². The van der Waals surface area contributed by atoms with E-state index in [9.17, 15) is 4.79 Å². The summed E-state index contributed by atoms with van der Waals surface area (Å²) in [7, 11) is 0. The molecule has 1 saturated heterocycles. The largest absolute Gasteiger partial charge is 0.467 e. The molecule has 0 aliphatic carbocycles. The van der Waals surface area contributed by atoms with E-state index >= 15 is 0 Å². The third kappa shape index (κ3) is 4.08. The maximum Gasteiger partial charge on any atom is 0.234 e. The van der Waals surface area contributed by atoms with Gasteiger partial charge in [0.25, 0.3) is 0 Å². The predicted molar refractivity (Wildman–Crippen MR) is 73.4 cm³/mol. The lowest BCUT2D eigenvalue weighted by atomic mass is 9.97. The van der Waals surface area contributed by atoms with Crippen molar-refractivity contribution in [2.24, 2.45) is 5.73 Å². The van der Waals surface area contributed by atoms with Gasteiger partial charge < -0.3 is 15.5 Å². The van der Waals surface area contributed by atoms with Crippen LogP contribution in [0, 0.1) is 0 Å². The summed E-state index contributed by atoms with van der Waals surface area (Å²) in [4.78, 5) is 14.1. The van der Waals surface area contributed by atoms with Crippen molar-refractivity contribution in [2.45, 2.75) is 44.8 Å². The number of rotatable bonds is 5. The second-order valence-corrected chi connectivity index (χ2v) is 5.25. The molecule has 0 saturated carbocycles. The summed E-state index contributed by atoms with van der Waals surface area (Å²) in [5, 5.41) is 2.88. The molecule has 0 radical (unpaired) electrons. The molecular weight excluding hydrogens is 242 g/mol. The van der Waals surface area contributed by atoms with Crippen molar-refractivity contribution in [3.8, 4) is 0 Å². The van der Waals surface area contributed by atoms with E-state index in [1.165, 1.54) is 6.42 Å². The number of nitrogens with two attached hydrogens (primary N) is 1. The van der Waals surface area contributed by atoms with E-state index < -0.39 is 0 Å². The Hall–Kier alpha value is -1.33. The van der Waals surface area contributed by atoms with Crippen molar-refractivity contribution in [1.82, 2.24) is 10.2 Å². The van der Waals surface area contributed by atoms with Crippen molar-refractivity contribution >= 4 is 5.91 Å². The van der Waals surface area contributed by atoms with E-state index in [0.717, 1.165) is 25.1 Å².